The van der Waals surface area contributed by atoms with Crippen molar-refractivity contribution in [2.45, 2.75) is 143 Å². The molecular formula is C83H70Cl12F2IN17O12. The SMILES string of the molecule is C#CC(C)(C)NC(=O)c1c(Cl)ncnc1Cl.CC(=O)c1cc2c(c(-c3ccc(F)c(Cl)c3)n1)C(=O)NC2(C)C.CC(=O)c1cc2c(c(Cl)n1)C(=O)NC2(C)C.CC(O)c1cc2c(c(-c3ccc(F)c(Cl)c3)n1)C(=O)NC2(C)C.CC1(C)NC(=O)c2c1cc(I)nc2Cl.CC1(C)NC(=O)c2c1ccnc2Cl.O=C(Cl)c1c(Cl)ncnc1Cl.O=C(O)c1c(Cl)ncnc1Cl. The summed E-state index contributed by atoms with van der Waals surface area (Å²) < 4.78 is 27.6. The number of carbonyl (C=O) groups excluding carboxylic acids is 9. The number of aliphatic hydroxyl groups excluding tert-OH is 1. The van der Waals surface area contributed by atoms with Crippen molar-refractivity contribution in [3.05, 3.63) is 253 Å². The molecule has 0 bridgehead atoms. The highest BCUT2D eigenvalue weighted by molar-refractivity contribution is 14.1. The van der Waals surface area contributed by atoms with Crippen molar-refractivity contribution in [1.29, 1.82) is 0 Å². The molecular weight excluding hydrogens is 2020 g/mol. The van der Waals surface area contributed by atoms with Crippen LogP contribution in [0.2, 0.25) is 56.4 Å². The molecule has 0 saturated heterocycles. The van der Waals surface area contributed by atoms with Crippen molar-refractivity contribution in [3.63, 3.8) is 0 Å². The molecule has 8 aromatic heterocycles. The summed E-state index contributed by atoms with van der Waals surface area (Å²) in [6, 6.07) is 17.0. The van der Waals surface area contributed by atoms with Crippen LogP contribution in [-0.2, 0) is 27.7 Å². The van der Waals surface area contributed by atoms with Gasteiger partial charge in [-0.05, 0) is 219 Å². The zero-order valence-corrected chi connectivity index (χ0v) is 80.1. The maximum absolute atomic E-state index is 13.4. The Kier molecular flexibility index (Phi) is 33.1. The Bertz CT molecular complexity index is 6140. The third-order valence-corrected chi connectivity index (χ3v) is 22.6. The Morgan fingerprint density at radius 1 is 0.457 bits per heavy atom. The number of hydrogen-bond acceptors (Lipinski definition) is 22. The maximum Gasteiger partial charge on any atom is 0.342 e. The minimum absolute atomic E-state index is 0.00896. The lowest BCUT2D eigenvalue weighted by Gasteiger charge is -2.20. The second kappa shape index (κ2) is 41.0. The molecule has 0 radical (unpaired) electrons. The summed E-state index contributed by atoms with van der Waals surface area (Å²) in [6.07, 6.45) is 9.49. The van der Waals surface area contributed by atoms with Crippen LogP contribution >= 0.6 is 162 Å². The molecule has 0 fully saturated rings. The first-order valence-corrected chi connectivity index (χ1v) is 42.2. The molecule has 2 aromatic carbocycles. The molecule has 5 aliphatic rings. The molecule has 29 nitrogen and oxygen atoms in total. The lowest BCUT2D eigenvalue weighted by Crippen LogP contribution is -2.42. The maximum atomic E-state index is 13.4. The van der Waals surface area contributed by atoms with E-state index in [1.807, 2.05) is 81.4 Å². The molecule has 1 atom stereocenters. The number of amides is 6. The van der Waals surface area contributed by atoms with Crippen LogP contribution in [0.15, 0.2) is 91.9 Å². The average Bonchev–Trinajstić information content (AvgIpc) is 1.61. The molecule has 0 saturated carbocycles. The van der Waals surface area contributed by atoms with Crippen LogP contribution in [0.4, 0.5) is 8.78 Å². The number of aromatic nitrogens is 11. The van der Waals surface area contributed by atoms with Gasteiger partial charge in [0, 0.05) is 31.2 Å². The van der Waals surface area contributed by atoms with E-state index in [4.69, 9.17) is 151 Å². The van der Waals surface area contributed by atoms with Crippen LogP contribution in [0.3, 0.4) is 0 Å². The second-order valence-corrected chi connectivity index (χ2v) is 36.2. The number of fused-ring (bicyclic) bond motifs is 5. The van der Waals surface area contributed by atoms with Gasteiger partial charge in [0.05, 0.1) is 94.3 Å². The van der Waals surface area contributed by atoms with Gasteiger partial charge in [0.15, 0.2) is 11.6 Å². The van der Waals surface area contributed by atoms with Crippen LogP contribution in [-0.4, -0.2) is 129 Å². The number of carboxylic acids is 1. The highest BCUT2D eigenvalue weighted by Crippen LogP contribution is 2.42. The van der Waals surface area contributed by atoms with Gasteiger partial charge in [-0.1, -0.05) is 134 Å². The van der Waals surface area contributed by atoms with Crippen molar-refractivity contribution in [3.8, 4) is 34.9 Å². The van der Waals surface area contributed by atoms with E-state index in [1.54, 1.807) is 45.2 Å². The molecule has 13 heterocycles. The van der Waals surface area contributed by atoms with E-state index in [0.29, 0.717) is 61.6 Å². The number of terminal acetylenes is 1. The standard InChI is InChI=1S/C17H16ClFN2O2.C17H14ClFN2O2.C11H11ClN2O2.C10H9Cl2N3O.C9H8ClIN2O.C9H9ClN2O.C5HCl3N2O.C5H2Cl2N2O2/c2*1-8(22)13-7-10-14(16(23)21-17(10,2)3)15(20-13)9-4-5-12(19)11(18)6-9;1-5(15)7-4-6-8(9(12)13-7)10(16)14-11(6,2)3;1-4-10(2,3)15-9(16)6-7(11)13-5-14-8(6)12;1-9(2)4-3-5(11)12-7(10)6(4)8(14)13-9;1-9(2)5-3-4-11-7(10)6(5)8(13)12-9;6-3-2(5(8)11)4(7)10-1-9-3;6-3-2(5(10)11)4(7)9-1-8-3/h4-8,22H,1-3H3,(H,21,23);4-7H,1-3H3,(H,21,23);4H,1-3H3,(H,14,16);1,5H,2-3H3,(H,15,16);3H,1-2H3,(H,13,14);3-4H,1-2H3,(H,12,13);1H;1H,(H,10,11). The topological polar surface area (TPSA) is 425 Å². The predicted molar refractivity (Wildman–Crippen MR) is 487 cm³/mol. The molecule has 15 rings (SSSR count). The first-order chi connectivity index (χ1) is 58.8. The number of benzene rings is 2. The van der Waals surface area contributed by atoms with E-state index < -0.39 is 57.0 Å². The van der Waals surface area contributed by atoms with Crippen molar-refractivity contribution in [2.75, 3.05) is 0 Å². The number of halogens is 15. The molecule has 1 unspecified atom stereocenters. The monoisotopic (exact) mass is 2080 g/mol. The Morgan fingerprint density at radius 3 is 1.15 bits per heavy atom. The Morgan fingerprint density at radius 2 is 0.795 bits per heavy atom. The van der Waals surface area contributed by atoms with Gasteiger partial charge in [-0.15, -0.1) is 6.42 Å². The number of hydrogen-bond donors (Lipinski definition) is 8. The number of pyridine rings is 5. The largest absolute Gasteiger partial charge is 0.477 e. The van der Waals surface area contributed by atoms with Crippen molar-refractivity contribution >= 4 is 220 Å². The number of rotatable bonds is 9. The van der Waals surface area contributed by atoms with Crippen LogP contribution in [0.25, 0.3) is 22.5 Å². The second-order valence-electron chi connectivity index (χ2n) is 30.7. The lowest BCUT2D eigenvalue weighted by molar-refractivity contribution is 0.0693. The van der Waals surface area contributed by atoms with Gasteiger partial charge in [-0.2, -0.15) is 0 Å². The number of carboxylic acid groups (broad SMARTS) is 1. The average molecular weight is 2090 g/mol. The first-order valence-electron chi connectivity index (χ1n) is 36.6. The summed E-state index contributed by atoms with van der Waals surface area (Å²) in [5, 5.41) is 34.6. The number of nitrogens with one attached hydrogen (secondary N) is 6. The summed E-state index contributed by atoms with van der Waals surface area (Å²) >= 11 is 69.8. The molecule has 8 N–H and O–H groups in total. The van der Waals surface area contributed by atoms with E-state index in [9.17, 15) is 61.8 Å². The Hall–Kier alpha value is -9.68. The van der Waals surface area contributed by atoms with E-state index in [0.717, 1.165) is 38.6 Å². The van der Waals surface area contributed by atoms with Gasteiger partial charge in [0.2, 0.25) is 0 Å². The zero-order chi connectivity index (χ0) is 95.3. The summed E-state index contributed by atoms with van der Waals surface area (Å²) in [5.74, 6) is -1.83. The van der Waals surface area contributed by atoms with Crippen molar-refractivity contribution < 1.29 is 66.9 Å². The predicted octanol–water partition coefficient (Wildman–Crippen LogP) is 18.8. The van der Waals surface area contributed by atoms with E-state index in [2.05, 4.69) is 115 Å². The fourth-order valence-electron chi connectivity index (χ4n) is 12.4. The Balaban J connectivity index is 0.000000182. The van der Waals surface area contributed by atoms with E-state index >= 15 is 0 Å². The fraction of sp³-hybridized carbons (Fsp3) is 0.265. The minimum atomic E-state index is -1.24. The molecule has 0 aliphatic carbocycles. The van der Waals surface area contributed by atoms with E-state index in [-0.39, 0.29) is 137 Å². The van der Waals surface area contributed by atoms with Gasteiger partial charge >= 0.3 is 5.97 Å². The number of nitrogens with zero attached hydrogens (tertiary/aromatic N) is 11. The number of ketones is 2. The lowest BCUT2D eigenvalue weighted by atomic mass is 9.91. The van der Waals surface area contributed by atoms with Crippen LogP contribution in [0.5, 0.6) is 0 Å². The highest BCUT2D eigenvalue weighted by Gasteiger charge is 2.43. The molecule has 44 heteroatoms. The van der Waals surface area contributed by atoms with Gasteiger partial charge in [-0.25, -0.2) is 68.4 Å². The first kappa shape index (κ1) is 103. The quantitative estimate of drug-likeness (QED) is 0.0166. The van der Waals surface area contributed by atoms with Gasteiger partial charge in [0.1, 0.15) is 109 Å². The zero-order valence-electron chi connectivity index (χ0n) is 68.9. The van der Waals surface area contributed by atoms with Crippen molar-refractivity contribution in [2.24, 2.45) is 0 Å². The summed E-state index contributed by atoms with van der Waals surface area (Å²) in [7, 11) is 0. The third-order valence-electron chi connectivity index (χ3n) is 18.7. The normalized spacial score (nSPS) is 14.8. The molecule has 10 aromatic rings. The molecule has 127 heavy (non-hydrogen) atoms. The number of Topliss-reactive ketones (excluding diaryl/α,β-unsaturated/α-hetero) is 2. The van der Waals surface area contributed by atoms with Crippen molar-refractivity contribution in [1.82, 2.24) is 86.7 Å². The number of aromatic carboxylic acids is 1. The molecule has 664 valence electrons. The Labute approximate surface area is 798 Å². The molecule has 0 spiro atoms. The smallest absolute Gasteiger partial charge is 0.342 e. The molecule has 5 aliphatic heterocycles. The van der Waals surface area contributed by atoms with Crippen LogP contribution < -0.4 is 31.9 Å². The minimum Gasteiger partial charge on any atom is -0.477 e. The number of carbonyl (C=O) groups is 10. The highest BCUT2D eigenvalue weighted by atomic mass is 127. The van der Waals surface area contributed by atoms with Gasteiger partial charge in [-0.3, -0.25) is 43.2 Å². The third kappa shape index (κ3) is 24.1. The van der Waals surface area contributed by atoms with Crippen LogP contribution in [0.1, 0.15) is 247 Å². The fourth-order valence-corrected chi connectivity index (χ4v) is 16.0. The number of aliphatic hydroxyl groups is 1. The van der Waals surface area contributed by atoms with Gasteiger partial charge < -0.3 is 42.1 Å². The molecule has 6 amide bonds. The van der Waals surface area contributed by atoms with Crippen LogP contribution in [0, 0.1) is 27.7 Å². The van der Waals surface area contributed by atoms with Gasteiger partial charge in [0.25, 0.3) is 40.7 Å². The van der Waals surface area contributed by atoms with E-state index in [1.165, 1.54) is 56.6 Å². The summed E-state index contributed by atoms with van der Waals surface area (Å²) in [4.78, 5) is 157. The summed E-state index contributed by atoms with van der Waals surface area (Å²) in [6.45, 7) is 26.7. The summed E-state index contributed by atoms with van der Waals surface area (Å²) in [5.41, 5.74) is 5.48.